The summed E-state index contributed by atoms with van der Waals surface area (Å²) in [7, 11) is 1.78. The zero-order valence-corrected chi connectivity index (χ0v) is 18.5. The topological polar surface area (TPSA) is 82.9 Å². The number of aromatic amines is 1. The van der Waals surface area contributed by atoms with Gasteiger partial charge in [0.1, 0.15) is 0 Å². The van der Waals surface area contributed by atoms with Crippen LogP contribution >= 0.6 is 24.0 Å². The van der Waals surface area contributed by atoms with Crippen LogP contribution in [-0.4, -0.2) is 39.3 Å². The molecule has 0 unspecified atom stereocenters. The number of hydrogen-bond donors (Lipinski definition) is 3. The molecule has 0 saturated heterocycles. The highest BCUT2D eigenvalue weighted by molar-refractivity contribution is 14.0. The third-order valence-electron chi connectivity index (χ3n) is 4.59. The number of fused-ring (bicyclic) bond motifs is 1. The number of nitrogens with one attached hydrogen (secondary N) is 3. The SMILES string of the molecule is CN=C(NCCc1c[nH]c2ccccc12)NCc1ccnc(-n2cccn2)c1.I. The highest BCUT2D eigenvalue weighted by atomic mass is 127. The molecule has 0 spiro atoms. The molecule has 0 aliphatic carbocycles. The van der Waals surface area contributed by atoms with Crippen molar-refractivity contribution in [2.45, 2.75) is 13.0 Å². The lowest BCUT2D eigenvalue weighted by Gasteiger charge is -2.12. The van der Waals surface area contributed by atoms with Gasteiger partial charge in [0.2, 0.25) is 0 Å². The number of hydrogen-bond acceptors (Lipinski definition) is 3. The Balaban J connectivity index is 0.00000240. The Bertz CT molecular complexity index is 1070. The first kappa shape index (κ1) is 20.8. The molecule has 0 aliphatic rings. The van der Waals surface area contributed by atoms with Gasteiger partial charge >= 0.3 is 0 Å². The molecule has 4 rings (SSSR count). The van der Waals surface area contributed by atoms with Crippen LogP contribution in [0.25, 0.3) is 16.7 Å². The third kappa shape index (κ3) is 5.14. The molecule has 0 atom stereocenters. The molecule has 0 fully saturated rings. The Morgan fingerprint density at radius 2 is 2.03 bits per heavy atom. The van der Waals surface area contributed by atoms with Crippen molar-refractivity contribution in [2.24, 2.45) is 4.99 Å². The van der Waals surface area contributed by atoms with Gasteiger partial charge in [0, 0.05) is 55.8 Å². The smallest absolute Gasteiger partial charge is 0.191 e. The molecule has 3 N–H and O–H groups in total. The average molecular weight is 501 g/mol. The summed E-state index contributed by atoms with van der Waals surface area (Å²) >= 11 is 0. The number of guanidine groups is 1. The van der Waals surface area contributed by atoms with E-state index in [9.17, 15) is 0 Å². The molecule has 3 aromatic heterocycles. The molecular formula is C21H24IN7. The van der Waals surface area contributed by atoms with Gasteiger partial charge in [0.15, 0.2) is 11.8 Å². The monoisotopic (exact) mass is 501 g/mol. The van der Waals surface area contributed by atoms with E-state index in [1.807, 2.05) is 30.5 Å². The lowest BCUT2D eigenvalue weighted by molar-refractivity contribution is 0.791. The molecule has 0 aliphatic heterocycles. The fraction of sp³-hybridized carbons (Fsp3) is 0.190. The van der Waals surface area contributed by atoms with Crippen LogP contribution in [0, 0.1) is 0 Å². The van der Waals surface area contributed by atoms with Crippen molar-refractivity contribution in [1.29, 1.82) is 0 Å². The fourth-order valence-electron chi connectivity index (χ4n) is 3.16. The molecule has 0 saturated carbocycles. The van der Waals surface area contributed by atoms with Crippen molar-refractivity contribution < 1.29 is 0 Å². The first-order chi connectivity index (χ1) is 13.8. The van der Waals surface area contributed by atoms with Gasteiger partial charge < -0.3 is 15.6 Å². The number of nitrogens with zero attached hydrogens (tertiary/aromatic N) is 4. The first-order valence-corrected chi connectivity index (χ1v) is 9.28. The molecule has 1 aromatic carbocycles. The van der Waals surface area contributed by atoms with E-state index in [-0.39, 0.29) is 24.0 Å². The first-order valence-electron chi connectivity index (χ1n) is 9.28. The van der Waals surface area contributed by atoms with Crippen molar-refractivity contribution in [2.75, 3.05) is 13.6 Å². The second-order valence-corrected chi connectivity index (χ2v) is 6.43. The van der Waals surface area contributed by atoms with Crippen LogP contribution in [0.3, 0.4) is 0 Å². The second-order valence-electron chi connectivity index (χ2n) is 6.43. The molecule has 4 aromatic rings. The zero-order chi connectivity index (χ0) is 19.2. The van der Waals surface area contributed by atoms with Gasteiger partial charge in [-0.15, -0.1) is 24.0 Å². The number of pyridine rings is 1. The van der Waals surface area contributed by atoms with Crippen molar-refractivity contribution in [3.05, 3.63) is 78.4 Å². The van der Waals surface area contributed by atoms with Crippen LogP contribution in [0.4, 0.5) is 0 Å². The minimum Gasteiger partial charge on any atom is -0.361 e. The third-order valence-corrected chi connectivity index (χ3v) is 4.59. The maximum atomic E-state index is 4.36. The molecule has 7 nitrogen and oxygen atoms in total. The number of benzene rings is 1. The number of aliphatic imine (C=N–C) groups is 1. The summed E-state index contributed by atoms with van der Waals surface area (Å²) in [6.45, 7) is 1.46. The summed E-state index contributed by atoms with van der Waals surface area (Å²) < 4.78 is 1.75. The summed E-state index contributed by atoms with van der Waals surface area (Å²) in [6.07, 6.45) is 8.41. The summed E-state index contributed by atoms with van der Waals surface area (Å²) in [5.41, 5.74) is 3.59. The number of H-pyrrole nitrogens is 1. The van der Waals surface area contributed by atoms with Crippen LogP contribution in [0.15, 0.2) is 72.2 Å². The van der Waals surface area contributed by atoms with Crippen LogP contribution < -0.4 is 10.6 Å². The molecule has 29 heavy (non-hydrogen) atoms. The largest absolute Gasteiger partial charge is 0.361 e. The Labute approximate surface area is 186 Å². The van der Waals surface area contributed by atoms with Crippen LogP contribution in [0.1, 0.15) is 11.1 Å². The Kier molecular flexibility index (Phi) is 7.23. The van der Waals surface area contributed by atoms with Crippen molar-refractivity contribution in [1.82, 2.24) is 30.4 Å². The predicted octanol–water partition coefficient (Wildman–Crippen LogP) is 3.27. The fourth-order valence-corrected chi connectivity index (χ4v) is 3.16. The van der Waals surface area contributed by atoms with Crippen LogP contribution in [0.2, 0.25) is 0 Å². The van der Waals surface area contributed by atoms with E-state index in [0.717, 1.165) is 30.3 Å². The van der Waals surface area contributed by atoms with Crippen LogP contribution in [0.5, 0.6) is 0 Å². The molecule has 0 radical (unpaired) electrons. The average Bonchev–Trinajstić information content (AvgIpc) is 3.41. The molecular weight excluding hydrogens is 477 g/mol. The molecule has 0 bridgehead atoms. The van der Waals surface area contributed by atoms with E-state index in [1.54, 1.807) is 24.1 Å². The lowest BCUT2D eigenvalue weighted by atomic mass is 10.1. The Morgan fingerprint density at radius 3 is 2.86 bits per heavy atom. The molecule has 0 amide bonds. The van der Waals surface area contributed by atoms with E-state index in [0.29, 0.717) is 6.54 Å². The van der Waals surface area contributed by atoms with Gasteiger partial charge in [-0.05, 0) is 41.8 Å². The summed E-state index contributed by atoms with van der Waals surface area (Å²) in [4.78, 5) is 12.0. The van der Waals surface area contributed by atoms with E-state index in [2.05, 4.69) is 55.1 Å². The van der Waals surface area contributed by atoms with Crippen LogP contribution in [-0.2, 0) is 13.0 Å². The normalized spacial score (nSPS) is 11.3. The van der Waals surface area contributed by atoms with Gasteiger partial charge in [-0.25, -0.2) is 9.67 Å². The van der Waals surface area contributed by atoms with Crippen molar-refractivity contribution in [3.63, 3.8) is 0 Å². The molecule has 150 valence electrons. The van der Waals surface area contributed by atoms with Gasteiger partial charge in [0.25, 0.3) is 0 Å². The van der Waals surface area contributed by atoms with Gasteiger partial charge in [-0.1, -0.05) is 18.2 Å². The summed E-state index contributed by atoms with van der Waals surface area (Å²) in [5.74, 6) is 1.57. The number of rotatable bonds is 6. The standard InChI is InChI=1S/C21H23N7.HI/c1-22-21(24-11-8-17-15-25-19-6-3-2-5-18(17)19)26-14-16-7-10-23-20(13-16)28-12-4-9-27-28;/h2-7,9-10,12-13,15,25H,8,11,14H2,1H3,(H2,22,24,26);1H. The van der Waals surface area contributed by atoms with Gasteiger partial charge in [0.05, 0.1) is 0 Å². The highest BCUT2D eigenvalue weighted by Crippen LogP contribution is 2.17. The van der Waals surface area contributed by atoms with Gasteiger partial charge in [-0.3, -0.25) is 4.99 Å². The van der Waals surface area contributed by atoms with Crippen molar-refractivity contribution >= 4 is 40.8 Å². The highest BCUT2D eigenvalue weighted by Gasteiger charge is 2.04. The summed E-state index contributed by atoms with van der Waals surface area (Å²) in [6, 6.07) is 14.2. The van der Waals surface area contributed by atoms with E-state index in [1.165, 1.54) is 16.5 Å². The lowest BCUT2D eigenvalue weighted by Crippen LogP contribution is -2.37. The quantitative estimate of drug-likeness (QED) is 0.215. The predicted molar refractivity (Wildman–Crippen MR) is 127 cm³/mol. The molecule has 8 heteroatoms. The van der Waals surface area contributed by atoms with E-state index >= 15 is 0 Å². The minimum absolute atomic E-state index is 0. The number of aromatic nitrogens is 4. The number of halogens is 1. The zero-order valence-electron chi connectivity index (χ0n) is 16.2. The van der Waals surface area contributed by atoms with E-state index < -0.39 is 0 Å². The Hall–Kier alpha value is -2.88. The Morgan fingerprint density at radius 1 is 1.14 bits per heavy atom. The number of para-hydroxylation sites is 1. The van der Waals surface area contributed by atoms with Gasteiger partial charge in [-0.2, -0.15) is 5.10 Å². The molecule has 3 heterocycles. The van der Waals surface area contributed by atoms with E-state index in [4.69, 9.17) is 0 Å². The summed E-state index contributed by atoms with van der Waals surface area (Å²) in [5, 5.41) is 12.2. The maximum absolute atomic E-state index is 4.36. The second kappa shape index (κ2) is 10.1. The maximum Gasteiger partial charge on any atom is 0.191 e. The van der Waals surface area contributed by atoms with Crippen molar-refractivity contribution in [3.8, 4) is 5.82 Å². The minimum atomic E-state index is 0.